The first-order valence-corrected chi connectivity index (χ1v) is 7.88. The van der Waals surface area contributed by atoms with Crippen LogP contribution in [-0.2, 0) is 13.1 Å². The number of benzene rings is 1. The molecular formula is C16H27ClN2O. The van der Waals surface area contributed by atoms with E-state index in [2.05, 4.69) is 37.5 Å². The second-order valence-electron chi connectivity index (χ2n) is 5.00. The van der Waals surface area contributed by atoms with Crippen LogP contribution in [0, 0.1) is 0 Å². The van der Waals surface area contributed by atoms with E-state index in [1.807, 2.05) is 12.1 Å². The molecule has 3 nitrogen and oxygen atoms in total. The predicted octanol–water partition coefficient (Wildman–Crippen LogP) is 3.73. The molecule has 0 aliphatic heterocycles. The Hall–Kier alpha value is -0.770. The van der Waals surface area contributed by atoms with Crippen LogP contribution in [0.1, 0.15) is 38.8 Å². The van der Waals surface area contributed by atoms with Gasteiger partial charge in [-0.15, -0.1) is 0 Å². The summed E-state index contributed by atoms with van der Waals surface area (Å²) in [5.41, 5.74) is 1.84. The van der Waals surface area contributed by atoms with Gasteiger partial charge in [0, 0.05) is 29.2 Å². The summed E-state index contributed by atoms with van der Waals surface area (Å²) in [5.74, 6) is 0.396. The zero-order chi connectivity index (χ0) is 15.1. The molecular weight excluding hydrogens is 272 g/mol. The maximum atomic E-state index is 10.5. The smallest absolute Gasteiger partial charge is 0.124 e. The molecule has 1 N–H and O–H groups in total. The fourth-order valence-corrected chi connectivity index (χ4v) is 2.60. The maximum absolute atomic E-state index is 10.5. The minimum absolute atomic E-state index is 0.396. The van der Waals surface area contributed by atoms with Gasteiger partial charge >= 0.3 is 0 Å². The van der Waals surface area contributed by atoms with Gasteiger partial charge in [-0.1, -0.05) is 39.3 Å². The Morgan fingerprint density at radius 1 is 0.850 bits per heavy atom. The number of hydrogen-bond acceptors (Lipinski definition) is 3. The molecule has 114 valence electrons. The minimum Gasteiger partial charge on any atom is -0.507 e. The van der Waals surface area contributed by atoms with Gasteiger partial charge < -0.3 is 5.11 Å². The zero-order valence-electron chi connectivity index (χ0n) is 13.1. The summed E-state index contributed by atoms with van der Waals surface area (Å²) in [5, 5.41) is 11.2. The first-order valence-electron chi connectivity index (χ1n) is 7.50. The van der Waals surface area contributed by atoms with E-state index >= 15 is 0 Å². The summed E-state index contributed by atoms with van der Waals surface area (Å²) in [6, 6.07) is 3.75. The van der Waals surface area contributed by atoms with Crippen LogP contribution in [0.4, 0.5) is 0 Å². The highest BCUT2D eigenvalue weighted by atomic mass is 35.5. The molecule has 1 rings (SSSR count). The van der Waals surface area contributed by atoms with Crippen molar-refractivity contribution in [3.63, 3.8) is 0 Å². The Morgan fingerprint density at radius 3 is 1.50 bits per heavy atom. The second-order valence-corrected chi connectivity index (χ2v) is 5.43. The Balaban J connectivity index is 2.99. The molecule has 0 saturated heterocycles. The van der Waals surface area contributed by atoms with Crippen molar-refractivity contribution < 1.29 is 5.11 Å². The number of aromatic hydroxyl groups is 1. The van der Waals surface area contributed by atoms with Gasteiger partial charge in [0.2, 0.25) is 0 Å². The van der Waals surface area contributed by atoms with Crippen LogP contribution in [0.3, 0.4) is 0 Å². The number of phenolic OH excluding ortho intramolecular Hbond substituents is 1. The highest BCUT2D eigenvalue weighted by Crippen LogP contribution is 2.29. The van der Waals surface area contributed by atoms with Crippen molar-refractivity contribution in [1.82, 2.24) is 9.80 Å². The molecule has 0 aromatic heterocycles. The number of rotatable bonds is 8. The van der Waals surface area contributed by atoms with Crippen molar-refractivity contribution in [3.8, 4) is 5.75 Å². The normalized spacial score (nSPS) is 11.6. The van der Waals surface area contributed by atoms with E-state index in [1.165, 1.54) is 0 Å². The van der Waals surface area contributed by atoms with E-state index in [0.717, 1.165) is 50.4 Å². The first-order chi connectivity index (χ1) is 9.55. The van der Waals surface area contributed by atoms with Gasteiger partial charge in [0.25, 0.3) is 0 Å². The predicted molar refractivity (Wildman–Crippen MR) is 86.4 cm³/mol. The van der Waals surface area contributed by atoms with Gasteiger partial charge in [-0.25, -0.2) is 0 Å². The molecule has 0 amide bonds. The Bertz CT molecular complexity index is 380. The number of halogens is 1. The molecule has 0 aliphatic carbocycles. The molecule has 20 heavy (non-hydrogen) atoms. The van der Waals surface area contributed by atoms with E-state index in [9.17, 15) is 5.11 Å². The minimum atomic E-state index is 0.396. The zero-order valence-corrected chi connectivity index (χ0v) is 13.9. The highest BCUT2D eigenvalue weighted by Gasteiger charge is 2.13. The summed E-state index contributed by atoms with van der Waals surface area (Å²) < 4.78 is 0. The molecule has 0 atom stereocenters. The van der Waals surface area contributed by atoms with Crippen LogP contribution in [-0.4, -0.2) is 41.1 Å². The third kappa shape index (κ3) is 4.65. The molecule has 0 radical (unpaired) electrons. The first kappa shape index (κ1) is 17.3. The lowest BCUT2D eigenvalue weighted by Crippen LogP contribution is -2.24. The summed E-state index contributed by atoms with van der Waals surface area (Å²) in [4.78, 5) is 4.54. The van der Waals surface area contributed by atoms with E-state index in [-0.39, 0.29) is 0 Å². The summed E-state index contributed by atoms with van der Waals surface area (Å²) in [6.45, 7) is 13.9. The van der Waals surface area contributed by atoms with Crippen LogP contribution >= 0.6 is 11.6 Å². The van der Waals surface area contributed by atoms with Gasteiger partial charge in [-0.05, 0) is 38.3 Å². The second kappa shape index (κ2) is 8.50. The lowest BCUT2D eigenvalue weighted by molar-refractivity contribution is 0.281. The van der Waals surface area contributed by atoms with Gasteiger partial charge in [0.1, 0.15) is 5.75 Å². The number of phenols is 1. The van der Waals surface area contributed by atoms with Gasteiger partial charge in [0.05, 0.1) is 0 Å². The molecule has 0 fully saturated rings. The molecule has 0 heterocycles. The van der Waals surface area contributed by atoms with E-state index in [1.54, 1.807) is 0 Å². The summed E-state index contributed by atoms with van der Waals surface area (Å²) >= 11 is 6.21. The van der Waals surface area contributed by atoms with Crippen LogP contribution < -0.4 is 0 Å². The van der Waals surface area contributed by atoms with Crippen LogP contribution in [0.2, 0.25) is 5.02 Å². The van der Waals surface area contributed by atoms with E-state index < -0.39 is 0 Å². The number of nitrogens with zero attached hydrogens (tertiary/aromatic N) is 2. The molecule has 0 bridgehead atoms. The fraction of sp³-hybridized carbons (Fsp3) is 0.625. The van der Waals surface area contributed by atoms with Crippen molar-refractivity contribution in [2.75, 3.05) is 26.2 Å². The fourth-order valence-electron chi connectivity index (χ4n) is 2.33. The van der Waals surface area contributed by atoms with Gasteiger partial charge in [0.15, 0.2) is 0 Å². The van der Waals surface area contributed by atoms with Crippen molar-refractivity contribution in [2.45, 2.75) is 40.8 Å². The van der Waals surface area contributed by atoms with Crippen molar-refractivity contribution in [3.05, 3.63) is 28.3 Å². The third-order valence-corrected chi connectivity index (χ3v) is 4.03. The monoisotopic (exact) mass is 298 g/mol. The van der Waals surface area contributed by atoms with Crippen molar-refractivity contribution in [1.29, 1.82) is 0 Å². The van der Waals surface area contributed by atoms with Crippen molar-refractivity contribution in [2.24, 2.45) is 0 Å². The van der Waals surface area contributed by atoms with Crippen LogP contribution in [0.15, 0.2) is 12.1 Å². The third-order valence-electron chi connectivity index (χ3n) is 3.81. The highest BCUT2D eigenvalue weighted by molar-refractivity contribution is 6.30. The van der Waals surface area contributed by atoms with Gasteiger partial charge in [-0.2, -0.15) is 0 Å². The lowest BCUT2D eigenvalue weighted by atomic mass is 10.1. The molecule has 0 unspecified atom stereocenters. The molecule has 0 saturated carbocycles. The number of hydrogen-bond donors (Lipinski definition) is 1. The standard InChI is InChI=1S/C16H27ClN2O/c1-5-18(6-2)11-13-9-15(17)10-14(16(13)20)12-19(7-3)8-4/h9-10,20H,5-8,11-12H2,1-4H3. The Kier molecular flexibility index (Phi) is 7.35. The Morgan fingerprint density at radius 2 is 1.20 bits per heavy atom. The van der Waals surface area contributed by atoms with E-state index in [0.29, 0.717) is 10.8 Å². The molecule has 0 aliphatic rings. The molecule has 0 spiro atoms. The summed E-state index contributed by atoms with van der Waals surface area (Å²) in [7, 11) is 0. The van der Waals surface area contributed by atoms with Gasteiger partial charge in [-0.3, -0.25) is 9.80 Å². The molecule has 1 aromatic carbocycles. The quantitative estimate of drug-likeness (QED) is 0.792. The van der Waals surface area contributed by atoms with Crippen LogP contribution in [0.5, 0.6) is 5.75 Å². The Labute approximate surface area is 128 Å². The molecule has 1 aromatic rings. The SMILES string of the molecule is CCN(CC)Cc1cc(Cl)cc(CN(CC)CC)c1O. The van der Waals surface area contributed by atoms with Crippen LogP contribution in [0.25, 0.3) is 0 Å². The van der Waals surface area contributed by atoms with Crippen molar-refractivity contribution >= 4 is 11.6 Å². The lowest BCUT2D eigenvalue weighted by Gasteiger charge is -2.22. The summed E-state index contributed by atoms with van der Waals surface area (Å²) in [6.07, 6.45) is 0. The average Bonchev–Trinajstić information content (AvgIpc) is 2.46. The average molecular weight is 299 g/mol. The largest absolute Gasteiger partial charge is 0.507 e. The topological polar surface area (TPSA) is 26.7 Å². The van der Waals surface area contributed by atoms with E-state index in [4.69, 9.17) is 11.6 Å². The maximum Gasteiger partial charge on any atom is 0.124 e. The molecule has 4 heteroatoms.